The Balaban J connectivity index is 1.79. The number of halogens is 3. The summed E-state index contributed by atoms with van der Waals surface area (Å²) in [5.74, 6) is 0.739. The molecule has 3 nitrogen and oxygen atoms in total. The van der Waals surface area contributed by atoms with E-state index in [1.54, 1.807) is 0 Å². The molecule has 0 spiro atoms. The molecule has 1 aromatic rings. The van der Waals surface area contributed by atoms with Gasteiger partial charge in [-0.15, -0.1) is 0 Å². The van der Waals surface area contributed by atoms with Gasteiger partial charge in [-0.1, -0.05) is 24.3 Å². The summed E-state index contributed by atoms with van der Waals surface area (Å²) in [5.41, 5.74) is 6.12. The second-order valence-corrected chi connectivity index (χ2v) is 4.94. The van der Waals surface area contributed by atoms with Crippen LogP contribution in [-0.2, 0) is 6.54 Å². The van der Waals surface area contributed by atoms with Crippen LogP contribution in [0.3, 0.4) is 0 Å². The average Bonchev–Trinajstić information content (AvgIpc) is 2.47. The molecule has 0 fully saturated rings. The first-order valence-electron chi connectivity index (χ1n) is 6.90. The van der Waals surface area contributed by atoms with Crippen molar-refractivity contribution in [2.45, 2.75) is 19.1 Å². The molecule has 0 aliphatic carbocycles. The van der Waals surface area contributed by atoms with Crippen molar-refractivity contribution in [2.75, 3.05) is 26.2 Å². The standard InChI is InChI=1S/C15H19F3N2O/c16-15(17,18)13-5-7-20(8-6-13)9-10-21-14-4-2-1-3-12(14)11-19/h1-5H,6-11,19H2. The third kappa shape index (κ3) is 4.47. The summed E-state index contributed by atoms with van der Waals surface area (Å²) in [6, 6.07) is 7.51. The van der Waals surface area contributed by atoms with Gasteiger partial charge in [-0.05, 0) is 12.5 Å². The number of nitrogens with zero attached hydrogens (tertiary/aromatic N) is 1. The minimum Gasteiger partial charge on any atom is -0.492 e. The lowest BCUT2D eigenvalue weighted by Crippen LogP contribution is -2.34. The molecule has 0 radical (unpaired) electrons. The number of nitrogens with two attached hydrogens (primary N) is 1. The maximum Gasteiger partial charge on any atom is 0.412 e. The molecule has 2 rings (SSSR count). The first-order chi connectivity index (χ1) is 10.0. The van der Waals surface area contributed by atoms with Crippen molar-refractivity contribution in [3.63, 3.8) is 0 Å². The van der Waals surface area contributed by atoms with Crippen LogP contribution in [0.4, 0.5) is 13.2 Å². The van der Waals surface area contributed by atoms with Crippen LogP contribution in [0.25, 0.3) is 0 Å². The van der Waals surface area contributed by atoms with Crippen molar-refractivity contribution in [3.8, 4) is 5.75 Å². The van der Waals surface area contributed by atoms with Gasteiger partial charge >= 0.3 is 6.18 Å². The van der Waals surface area contributed by atoms with E-state index in [0.717, 1.165) is 11.3 Å². The maximum atomic E-state index is 12.5. The first-order valence-corrected chi connectivity index (χ1v) is 6.90. The minimum atomic E-state index is -4.19. The van der Waals surface area contributed by atoms with Gasteiger partial charge in [0.1, 0.15) is 12.4 Å². The molecular weight excluding hydrogens is 281 g/mol. The number of benzene rings is 1. The van der Waals surface area contributed by atoms with Crippen molar-refractivity contribution >= 4 is 0 Å². The highest BCUT2D eigenvalue weighted by Gasteiger charge is 2.34. The average molecular weight is 300 g/mol. The summed E-state index contributed by atoms with van der Waals surface area (Å²) >= 11 is 0. The third-order valence-electron chi connectivity index (χ3n) is 3.51. The molecule has 0 amide bonds. The lowest BCUT2D eigenvalue weighted by molar-refractivity contribution is -0.0960. The van der Waals surface area contributed by atoms with Gasteiger partial charge in [-0.3, -0.25) is 4.90 Å². The van der Waals surface area contributed by atoms with Crippen LogP contribution in [0.2, 0.25) is 0 Å². The van der Waals surface area contributed by atoms with Crippen molar-refractivity contribution in [1.29, 1.82) is 0 Å². The van der Waals surface area contributed by atoms with Gasteiger partial charge in [-0.25, -0.2) is 0 Å². The van der Waals surface area contributed by atoms with Gasteiger partial charge in [-0.2, -0.15) is 13.2 Å². The molecule has 1 aliphatic rings. The van der Waals surface area contributed by atoms with Crippen LogP contribution in [0.1, 0.15) is 12.0 Å². The van der Waals surface area contributed by atoms with E-state index >= 15 is 0 Å². The highest BCUT2D eigenvalue weighted by molar-refractivity contribution is 5.32. The van der Waals surface area contributed by atoms with Crippen LogP contribution in [-0.4, -0.2) is 37.3 Å². The quantitative estimate of drug-likeness (QED) is 0.850. The van der Waals surface area contributed by atoms with Gasteiger partial charge in [0, 0.05) is 37.3 Å². The summed E-state index contributed by atoms with van der Waals surface area (Å²) in [6.45, 7) is 2.16. The van der Waals surface area contributed by atoms with Crippen molar-refractivity contribution < 1.29 is 17.9 Å². The lowest BCUT2D eigenvalue weighted by Gasteiger charge is -2.27. The fraction of sp³-hybridized carbons (Fsp3) is 0.467. The summed E-state index contributed by atoms with van der Waals surface area (Å²) in [4.78, 5) is 1.94. The first kappa shape index (κ1) is 15.9. The molecule has 1 heterocycles. The lowest BCUT2D eigenvalue weighted by atomic mass is 10.1. The van der Waals surface area contributed by atoms with Crippen LogP contribution in [0.15, 0.2) is 35.9 Å². The smallest absolute Gasteiger partial charge is 0.412 e. The number of hydrogen-bond acceptors (Lipinski definition) is 3. The molecular formula is C15H19F3N2O. The number of alkyl halides is 3. The topological polar surface area (TPSA) is 38.5 Å². The monoisotopic (exact) mass is 300 g/mol. The number of ether oxygens (including phenoxy) is 1. The second-order valence-electron chi connectivity index (χ2n) is 4.94. The predicted molar refractivity (Wildman–Crippen MR) is 75.0 cm³/mol. The van der Waals surface area contributed by atoms with E-state index in [1.165, 1.54) is 6.08 Å². The zero-order chi connectivity index (χ0) is 15.3. The van der Waals surface area contributed by atoms with Crippen LogP contribution in [0.5, 0.6) is 5.75 Å². The second kappa shape index (κ2) is 6.95. The SMILES string of the molecule is NCc1ccccc1OCCN1CC=C(C(F)(F)F)CC1. The van der Waals surface area contributed by atoms with Crippen LogP contribution in [0, 0.1) is 0 Å². The molecule has 0 saturated carbocycles. The van der Waals surface area contributed by atoms with E-state index in [2.05, 4.69) is 0 Å². The Morgan fingerprint density at radius 2 is 2.00 bits per heavy atom. The van der Waals surface area contributed by atoms with Crippen LogP contribution >= 0.6 is 0 Å². The fourth-order valence-electron chi connectivity index (χ4n) is 2.27. The number of hydrogen-bond donors (Lipinski definition) is 1. The summed E-state index contributed by atoms with van der Waals surface area (Å²) in [7, 11) is 0. The molecule has 0 unspecified atom stereocenters. The summed E-state index contributed by atoms with van der Waals surface area (Å²) in [5, 5.41) is 0. The van der Waals surface area contributed by atoms with Gasteiger partial charge in [0.2, 0.25) is 0 Å². The Hall–Kier alpha value is -1.53. The zero-order valence-electron chi connectivity index (χ0n) is 11.7. The Bertz CT molecular complexity index is 500. The molecule has 6 heteroatoms. The zero-order valence-corrected chi connectivity index (χ0v) is 11.7. The Kier molecular flexibility index (Phi) is 5.25. The van der Waals surface area contributed by atoms with Gasteiger partial charge in [0.25, 0.3) is 0 Å². The van der Waals surface area contributed by atoms with Gasteiger partial charge in [0.15, 0.2) is 0 Å². The van der Waals surface area contributed by atoms with Gasteiger partial charge in [0.05, 0.1) is 0 Å². The Morgan fingerprint density at radius 3 is 2.62 bits per heavy atom. The summed E-state index contributed by atoms with van der Waals surface area (Å²) < 4.78 is 43.2. The Morgan fingerprint density at radius 1 is 1.24 bits per heavy atom. The molecule has 116 valence electrons. The third-order valence-corrected chi connectivity index (χ3v) is 3.51. The normalized spacial score (nSPS) is 16.7. The van der Waals surface area contributed by atoms with E-state index in [-0.39, 0.29) is 6.42 Å². The molecule has 21 heavy (non-hydrogen) atoms. The van der Waals surface area contributed by atoms with Crippen molar-refractivity contribution in [2.24, 2.45) is 5.73 Å². The molecule has 1 aliphatic heterocycles. The van der Waals surface area contributed by atoms with E-state index in [9.17, 15) is 13.2 Å². The Labute approximate surface area is 122 Å². The largest absolute Gasteiger partial charge is 0.492 e. The van der Waals surface area contributed by atoms with Crippen molar-refractivity contribution in [3.05, 3.63) is 41.5 Å². The highest BCUT2D eigenvalue weighted by Crippen LogP contribution is 2.30. The van der Waals surface area contributed by atoms with Crippen molar-refractivity contribution in [1.82, 2.24) is 4.90 Å². The van der Waals surface area contributed by atoms with E-state index in [0.29, 0.717) is 32.8 Å². The molecule has 2 N–H and O–H groups in total. The molecule has 0 bridgehead atoms. The molecule has 0 saturated heterocycles. The highest BCUT2D eigenvalue weighted by atomic mass is 19.4. The fourth-order valence-corrected chi connectivity index (χ4v) is 2.27. The van der Waals surface area contributed by atoms with Gasteiger partial charge < -0.3 is 10.5 Å². The molecule has 0 atom stereocenters. The predicted octanol–water partition coefficient (Wildman–Crippen LogP) is 2.72. The maximum absolute atomic E-state index is 12.5. The number of rotatable bonds is 5. The van der Waals surface area contributed by atoms with Crippen LogP contribution < -0.4 is 10.5 Å². The van der Waals surface area contributed by atoms with E-state index in [4.69, 9.17) is 10.5 Å². The summed E-state index contributed by atoms with van der Waals surface area (Å²) in [6.07, 6.45) is -2.89. The molecule has 0 aromatic heterocycles. The minimum absolute atomic E-state index is 0.0445. The van der Waals surface area contributed by atoms with E-state index < -0.39 is 11.7 Å². The molecule has 1 aromatic carbocycles. The van der Waals surface area contributed by atoms with E-state index in [1.807, 2.05) is 29.2 Å². The number of para-hydroxylation sites is 1.